The van der Waals surface area contributed by atoms with Crippen LogP contribution >= 0.6 is 0 Å². The van der Waals surface area contributed by atoms with Gasteiger partial charge < -0.3 is 4.74 Å². The summed E-state index contributed by atoms with van der Waals surface area (Å²) in [6.07, 6.45) is 3.03. The molecule has 0 bridgehead atoms. The number of nitro benzene ring substituents is 1. The Morgan fingerprint density at radius 1 is 1.18 bits per heavy atom. The highest BCUT2D eigenvalue weighted by Gasteiger charge is 2.21. The van der Waals surface area contributed by atoms with Gasteiger partial charge in [-0.3, -0.25) is 14.9 Å². The smallest absolute Gasteiger partial charge is 0.342 e. The van der Waals surface area contributed by atoms with E-state index in [1.54, 1.807) is 13.0 Å². The molecule has 0 aliphatic rings. The number of carbonyl (C=O) groups excluding carboxylic acids is 2. The molecule has 0 heterocycles. The predicted octanol–water partition coefficient (Wildman–Crippen LogP) is 3.23. The molecular weight excluding hydrogens is 286 g/mol. The van der Waals surface area contributed by atoms with Crippen molar-refractivity contribution in [2.45, 2.75) is 20.8 Å². The standard InChI is InChI=1S/C16H17NO5/c1-4-22-16(19)14(10-5-11(2)3)15(18)12-6-8-13(9-7-12)17(20)21/h5-10H,4H2,1-3H3/b14-10-. The Bertz CT molecular complexity index is 637. The third kappa shape index (κ3) is 4.66. The van der Waals surface area contributed by atoms with Crippen LogP contribution in [-0.2, 0) is 9.53 Å². The maximum Gasteiger partial charge on any atom is 0.342 e. The first-order chi connectivity index (χ1) is 10.4. The monoisotopic (exact) mass is 303 g/mol. The van der Waals surface area contributed by atoms with E-state index in [1.165, 1.54) is 30.3 Å². The van der Waals surface area contributed by atoms with Gasteiger partial charge in [0.2, 0.25) is 0 Å². The maximum atomic E-state index is 12.4. The van der Waals surface area contributed by atoms with Gasteiger partial charge in [-0.15, -0.1) is 0 Å². The Labute approximate surface area is 128 Å². The lowest BCUT2D eigenvalue weighted by atomic mass is 10.0. The first-order valence-corrected chi connectivity index (χ1v) is 6.68. The van der Waals surface area contributed by atoms with Crippen molar-refractivity contribution >= 4 is 17.4 Å². The second kappa shape index (κ2) is 7.87. The number of carbonyl (C=O) groups is 2. The average Bonchev–Trinajstić information content (AvgIpc) is 2.47. The lowest BCUT2D eigenvalue weighted by Crippen LogP contribution is -2.16. The molecule has 6 heteroatoms. The molecule has 0 amide bonds. The van der Waals surface area contributed by atoms with Crippen LogP contribution in [0.25, 0.3) is 0 Å². The summed E-state index contributed by atoms with van der Waals surface area (Å²) >= 11 is 0. The Hall–Kier alpha value is -2.76. The number of ether oxygens (including phenoxy) is 1. The fourth-order valence-corrected chi connectivity index (χ4v) is 1.59. The Morgan fingerprint density at radius 2 is 1.77 bits per heavy atom. The van der Waals surface area contributed by atoms with Crippen molar-refractivity contribution in [3.8, 4) is 0 Å². The molecular formula is C16H17NO5. The highest BCUT2D eigenvalue weighted by atomic mass is 16.6. The number of Topliss-reactive ketones (excluding diaryl/α,β-unsaturated/α-hetero) is 1. The number of benzene rings is 1. The van der Waals surface area contributed by atoms with Crippen molar-refractivity contribution in [2.75, 3.05) is 6.61 Å². The van der Waals surface area contributed by atoms with Crippen molar-refractivity contribution < 1.29 is 19.2 Å². The van der Waals surface area contributed by atoms with Crippen LogP contribution in [0.1, 0.15) is 31.1 Å². The van der Waals surface area contributed by atoms with Gasteiger partial charge in [0.15, 0.2) is 5.78 Å². The number of non-ortho nitro benzene ring substituents is 1. The summed E-state index contributed by atoms with van der Waals surface area (Å²) in [5, 5.41) is 10.6. The van der Waals surface area contributed by atoms with Crippen LogP contribution in [0, 0.1) is 10.1 Å². The number of esters is 1. The van der Waals surface area contributed by atoms with E-state index < -0.39 is 16.7 Å². The minimum atomic E-state index is -0.719. The third-order valence-electron chi connectivity index (χ3n) is 2.66. The van der Waals surface area contributed by atoms with Gasteiger partial charge in [0.25, 0.3) is 5.69 Å². The second-order valence-corrected chi connectivity index (χ2v) is 4.68. The molecule has 0 aromatic heterocycles. The summed E-state index contributed by atoms with van der Waals surface area (Å²) < 4.78 is 4.88. The van der Waals surface area contributed by atoms with Gasteiger partial charge >= 0.3 is 5.97 Å². The van der Waals surface area contributed by atoms with Gasteiger partial charge in [0.05, 0.1) is 11.5 Å². The van der Waals surface area contributed by atoms with Gasteiger partial charge in [-0.25, -0.2) is 4.79 Å². The van der Waals surface area contributed by atoms with E-state index in [1.807, 2.05) is 13.8 Å². The second-order valence-electron chi connectivity index (χ2n) is 4.68. The van der Waals surface area contributed by atoms with Crippen LogP contribution in [0.5, 0.6) is 0 Å². The molecule has 1 rings (SSSR count). The molecule has 1 aromatic rings. The minimum Gasteiger partial charge on any atom is -0.462 e. The van der Waals surface area contributed by atoms with Crippen LogP contribution in [0.4, 0.5) is 5.69 Å². The largest absolute Gasteiger partial charge is 0.462 e. The van der Waals surface area contributed by atoms with E-state index in [4.69, 9.17) is 4.74 Å². The summed E-state index contributed by atoms with van der Waals surface area (Å²) in [4.78, 5) is 34.3. The molecule has 0 saturated heterocycles. The number of nitro groups is 1. The van der Waals surface area contributed by atoms with Crippen molar-refractivity contribution in [2.24, 2.45) is 0 Å². The number of hydrogen-bond donors (Lipinski definition) is 0. The third-order valence-corrected chi connectivity index (χ3v) is 2.66. The zero-order valence-electron chi connectivity index (χ0n) is 12.7. The highest BCUT2D eigenvalue weighted by Crippen LogP contribution is 2.16. The minimum absolute atomic E-state index is 0.114. The summed E-state index contributed by atoms with van der Waals surface area (Å²) in [7, 11) is 0. The number of ketones is 1. The summed E-state index contributed by atoms with van der Waals surface area (Å²) in [6, 6.07) is 5.07. The van der Waals surface area contributed by atoms with Crippen molar-refractivity contribution in [1.29, 1.82) is 0 Å². The summed E-state index contributed by atoms with van der Waals surface area (Å²) in [5.41, 5.74) is 0.866. The van der Waals surface area contributed by atoms with Crippen molar-refractivity contribution in [3.05, 3.63) is 63.2 Å². The van der Waals surface area contributed by atoms with Gasteiger partial charge in [0.1, 0.15) is 5.57 Å². The molecule has 0 atom stereocenters. The van der Waals surface area contributed by atoms with Crippen LogP contribution in [0.2, 0.25) is 0 Å². The summed E-state index contributed by atoms with van der Waals surface area (Å²) in [5.74, 6) is -1.26. The van der Waals surface area contributed by atoms with Gasteiger partial charge in [0, 0.05) is 17.7 Å². The topological polar surface area (TPSA) is 86.5 Å². The molecule has 0 unspecified atom stereocenters. The van der Waals surface area contributed by atoms with Crippen molar-refractivity contribution in [3.63, 3.8) is 0 Å². The van der Waals surface area contributed by atoms with Crippen LogP contribution in [-0.4, -0.2) is 23.3 Å². The van der Waals surface area contributed by atoms with Gasteiger partial charge in [-0.05, 0) is 39.0 Å². The first-order valence-electron chi connectivity index (χ1n) is 6.68. The Balaban J connectivity index is 3.16. The van der Waals surface area contributed by atoms with E-state index in [9.17, 15) is 19.7 Å². The molecule has 1 aromatic carbocycles. The first kappa shape index (κ1) is 17.3. The van der Waals surface area contributed by atoms with E-state index in [-0.39, 0.29) is 23.4 Å². The van der Waals surface area contributed by atoms with Gasteiger partial charge in [-0.1, -0.05) is 11.6 Å². The van der Waals surface area contributed by atoms with Crippen LogP contribution < -0.4 is 0 Å². The molecule has 116 valence electrons. The number of hydrogen-bond acceptors (Lipinski definition) is 5. The average molecular weight is 303 g/mol. The molecule has 0 aliphatic carbocycles. The Morgan fingerprint density at radius 3 is 2.23 bits per heavy atom. The highest BCUT2D eigenvalue weighted by molar-refractivity contribution is 6.24. The number of allylic oxidation sites excluding steroid dienone is 3. The normalized spacial score (nSPS) is 10.8. The molecule has 0 N–H and O–H groups in total. The SMILES string of the molecule is CCOC(=O)/C(=C\C=C(C)C)C(=O)c1ccc([N+](=O)[O-])cc1. The lowest BCUT2D eigenvalue weighted by Gasteiger charge is -2.06. The summed E-state index contributed by atoms with van der Waals surface area (Å²) in [6.45, 7) is 5.45. The van der Waals surface area contributed by atoms with Gasteiger partial charge in [-0.2, -0.15) is 0 Å². The van der Waals surface area contributed by atoms with E-state index in [0.717, 1.165) is 5.57 Å². The van der Waals surface area contributed by atoms with E-state index in [2.05, 4.69) is 0 Å². The van der Waals surface area contributed by atoms with E-state index >= 15 is 0 Å². The molecule has 0 spiro atoms. The molecule has 0 saturated carbocycles. The number of nitrogens with zero attached hydrogens (tertiary/aromatic N) is 1. The fraction of sp³-hybridized carbons (Fsp3) is 0.250. The fourth-order valence-electron chi connectivity index (χ4n) is 1.59. The predicted molar refractivity (Wildman–Crippen MR) is 81.6 cm³/mol. The Kier molecular flexibility index (Phi) is 6.19. The molecule has 0 aliphatic heterocycles. The zero-order valence-corrected chi connectivity index (χ0v) is 12.7. The van der Waals surface area contributed by atoms with E-state index in [0.29, 0.717) is 0 Å². The molecule has 0 fully saturated rings. The zero-order chi connectivity index (χ0) is 16.7. The molecule has 22 heavy (non-hydrogen) atoms. The van der Waals surface area contributed by atoms with Crippen LogP contribution in [0.3, 0.4) is 0 Å². The van der Waals surface area contributed by atoms with Crippen molar-refractivity contribution in [1.82, 2.24) is 0 Å². The quantitative estimate of drug-likeness (QED) is 0.118. The molecule has 6 nitrogen and oxygen atoms in total. The maximum absolute atomic E-state index is 12.4. The lowest BCUT2D eigenvalue weighted by molar-refractivity contribution is -0.384. The number of rotatable bonds is 6. The van der Waals surface area contributed by atoms with Crippen LogP contribution in [0.15, 0.2) is 47.6 Å². The molecule has 0 radical (unpaired) electrons.